The molecule has 0 unspecified atom stereocenters. The van der Waals surface area contributed by atoms with Crippen LogP contribution < -0.4 is 4.90 Å². The van der Waals surface area contributed by atoms with Crippen LogP contribution in [0.1, 0.15) is 44.5 Å². The highest BCUT2D eigenvalue weighted by Crippen LogP contribution is 2.64. The van der Waals surface area contributed by atoms with Crippen LogP contribution in [0.15, 0.2) is 273 Å². The molecule has 0 fully saturated rings. The van der Waals surface area contributed by atoms with E-state index < -0.39 is 10.8 Å². The smallest absolute Gasteiger partial charge is 0.0726 e. The van der Waals surface area contributed by atoms with Crippen molar-refractivity contribution in [2.75, 3.05) is 4.90 Å². The molecule has 0 saturated carbocycles. The third kappa shape index (κ3) is 5.65. The van der Waals surface area contributed by atoms with Gasteiger partial charge in [0, 0.05) is 17.1 Å². The molecule has 3 aliphatic rings. The van der Waals surface area contributed by atoms with E-state index in [1.54, 1.807) is 0 Å². The van der Waals surface area contributed by atoms with Gasteiger partial charge in [-0.2, -0.15) is 0 Å². The van der Waals surface area contributed by atoms with Gasteiger partial charge in [0.1, 0.15) is 0 Å². The van der Waals surface area contributed by atoms with E-state index in [9.17, 15) is 0 Å². The maximum atomic E-state index is 2.52. The van der Waals surface area contributed by atoms with E-state index in [0.717, 1.165) is 17.1 Å². The lowest BCUT2D eigenvalue weighted by Crippen LogP contribution is -2.28. The molecule has 11 aromatic rings. The molecule has 3 aliphatic carbocycles. The van der Waals surface area contributed by atoms with Crippen LogP contribution in [0, 0.1) is 0 Å². The van der Waals surface area contributed by atoms with Crippen LogP contribution in [0.25, 0.3) is 55.6 Å². The van der Waals surface area contributed by atoms with Gasteiger partial charge in [-0.25, -0.2) is 0 Å². The van der Waals surface area contributed by atoms with Crippen LogP contribution in [-0.4, -0.2) is 0 Å². The Hall–Kier alpha value is -8.78. The molecule has 1 nitrogen and oxygen atoms in total. The zero-order chi connectivity index (χ0) is 45.5. The Labute approximate surface area is 403 Å². The van der Waals surface area contributed by atoms with Gasteiger partial charge in [0.25, 0.3) is 0 Å². The first-order valence-electron chi connectivity index (χ1n) is 24.1. The average Bonchev–Trinajstić information content (AvgIpc) is 4.02. The number of fused-ring (bicyclic) bond motifs is 13. The Bertz CT molecular complexity index is 3620. The zero-order valence-corrected chi connectivity index (χ0v) is 37.9. The van der Waals surface area contributed by atoms with Gasteiger partial charge in [0.05, 0.1) is 10.8 Å². The lowest BCUT2D eigenvalue weighted by Gasteiger charge is -2.34. The van der Waals surface area contributed by atoms with Gasteiger partial charge >= 0.3 is 0 Å². The number of hydrogen-bond donors (Lipinski definition) is 0. The SMILES string of the molecule is c1ccc(-c2cc(-c3ccccc3)cc(N(c3ccc4c(c3)-c3ccccc3C4(c3ccccc3)c3ccccc3)c3ccc4c(c3)C3(c5ccccc5-c5ccccc53)c3ccccc3-4)c2)cc1. The van der Waals surface area contributed by atoms with Crippen molar-refractivity contribution in [3.8, 4) is 55.6 Å². The lowest BCUT2D eigenvalue weighted by atomic mass is 9.68. The molecule has 0 amide bonds. The highest BCUT2D eigenvalue weighted by Gasteiger charge is 2.52. The molecule has 1 spiro atoms. The first-order valence-corrected chi connectivity index (χ1v) is 24.1. The van der Waals surface area contributed by atoms with Crippen molar-refractivity contribution in [3.63, 3.8) is 0 Å². The number of rotatable bonds is 7. The number of nitrogens with zero attached hydrogens (tertiary/aromatic N) is 1. The number of benzene rings is 11. The van der Waals surface area contributed by atoms with Crippen molar-refractivity contribution >= 4 is 17.1 Å². The summed E-state index contributed by atoms with van der Waals surface area (Å²) in [5.74, 6) is 0. The summed E-state index contributed by atoms with van der Waals surface area (Å²) in [4.78, 5) is 2.52. The van der Waals surface area contributed by atoms with E-state index in [4.69, 9.17) is 0 Å². The van der Waals surface area contributed by atoms with E-state index in [0.29, 0.717) is 0 Å². The second-order valence-corrected chi connectivity index (χ2v) is 18.7. The van der Waals surface area contributed by atoms with Crippen molar-refractivity contribution in [2.45, 2.75) is 10.8 Å². The maximum absolute atomic E-state index is 2.52. The summed E-state index contributed by atoms with van der Waals surface area (Å²) in [7, 11) is 0. The van der Waals surface area contributed by atoms with Crippen molar-refractivity contribution in [1.82, 2.24) is 0 Å². The van der Waals surface area contributed by atoms with Gasteiger partial charge in [-0.1, -0.05) is 231 Å². The molecule has 0 aromatic heterocycles. The Kier molecular flexibility index (Phi) is 8.78. The van der Waals surface area contributed by atoms with Crippen LogP contribution in [0.5, 0.6) is 0 Å². The Morgan fingerprint density at radius 1 is 0.203 bits per heavy atom. The molecule has 322 valence electrons. The first kappa shape index (κ1) is 39.4. The number of hydrogen-bond acceptors (Lipinski definition) is 1. The van der Waals surface area contributed by atoms with Gasteiger partial charge in [-0.3, -0.25) is 0 Å². The normalized spacial score (nSPS) is 13.7. The quantitative estimate of drug-likeness (QED) is 0.154. The molecule has 0 atom stereocenters. The van der Waals surface area contributed by atoms with Gasteiger partial charge in [-0.15, -0.1) is 0 Å². The van der Waals surface area contributed by atoms with Gasteiger partial charge in [0.2, 0.25) is 0 Å². The van der Waals surface area contributed by atoms with Crippen molar-refractivity contribution in [1.29, 1.82) is 0 Å². The molecule has 0 N–H and O–H groups in total. The van der Waals surface area contributed by atoms with E-state index in [1.807, 2.05) is 0 Å². The highest BCUT2D eigenvalue weighted by molar-refractivity contribution is 5.97. The molecule has 0 aliphatic heterocycles. The minimum absolute atomic E-state index is 0.482. The molecule has 1 heteroatoms. The molecule has 14 rings (SSSR count). The second-order valence-electron chi connectivity index (χ2n) is 18.7. The minimum atomic E-state index is -0.500. The lowest BCUT2D eigenvalue weighted by molar-refractivity contribution is 0.768. The van der Waals surface area contributed by atoms with Crippen LogP contribution in [0.2, 0.25) is 0 Å². The van der Waals surface area contributed by atoms with E-state index >= 15 is 0 Å². The highest BCUT2D eigenvalue weighted by atomic mass is 15.1. The summed E-state index contributed by atoms with van der Waals surface area (Å²) in [6.45, 7) is 0. The van der Waals surface area contributed by atoms with Crippen LogP contribution in [0.3, 0.4) is 0 Å². The average molecular weight is 876 g/mol. The van der Waals surface area contributed by atoms with E-state index in [-0.39, 0.29) is 0 Å². The van der Waals surface area contributed by atoms with Gasteiger partial charge < -0.3 is 4.90 Å². The van der Waals surface area contributed by atoms with Gasteiger partial charge in [-0.05, 0) is 143 Å². The number of anilines is 3. The fraction of sp³-hybridized carbons (Fsp3) is 0.0294. The Morgan fingerprint density at radius 2 is 0.565 bits per heavy atom. The van der Waals surface area contributed by atoms with Crippen molar-refractivity contribution in [3.05, 3.63) is 317 Å². The third-order valence-corrected chi connectivity index (χ3v) is 15.3. The topological polar surface area (TPSA) is 3.24 Å². The molecular weight excluding hydrogens is 831 g/mol. The summed E-state index contributed by atoms with van der Waals surface area (Å²) in [5.41, 5.74) is 25.1. The minimum Gasteiger partial charge on any atom is -0.310 e. The standard InChI is InChI=1S/C68H45N/c1-5-21-46(22-6-1)48-41-49(47-23-7-2-8-24-47)43-54(42-48)69(52-38-40-65-60(44-52)58-32-16-17-33-61(58)67(65,50-25-9-3-10-26-50)51-27-11-4-12-28-51)53-37-39-59-57-31-15-20-36-64(57)68(66(59)45-53)62-34-18-13-29-55(62)56-30-14-19-35-63(56)68/h1-45H. The predicted molar refractivity (Wildman–Crippen MR) is 286 cm³/mol. The molecule has 11 aromatic carbocycles. The largest absolute Gasteiger partial charge is 0.310 e. The van der Waals surface area contributed by atoms with Crippen molar-refractivity contribution < 1.29 is 0 Å². The molecule has 0 saturated heterocycles. The zero-order valence-electron chi connectivity index (χ0n) is 37.9. The molecule has 0 heterocycles. The fourth-order valence-corrected chi connectivity index (χ4v) is 12.6. The molecule has 69 heavy (non-hydrogen) atoms. The van der Waals surface area contributed by atoms with Gasteiger partial charge in [0.15, 0.2) is 0 Å². The van der Waals surface area contributed by atoms with E-state index in [2.05, 4.69) is 278 Å². The summed E-state index contributed by atoms with van der Waals surface area (Å²) in [5, 5.41) is 0. The third-order valence-electron chi connectivity index (χ3n) is 15.3. The van der Waals surface area contributed by atoms with Crippen LogP contribution >= 0.6 is 0 Å². The van der Waals surface area contributed by atoms with Crippen LogP contribution in [-0.2, 0) is 10.8 Å². The molecule has 0 radical (unpaired) electrons. The predicted octanol–water partition coefficient (Wildman–Crippen LogP) is 17.2. The molecule has 0 bridgehead atoms. The fourth-order valence-electron chi connectivity index (χ4n) is 12.6. The maximum Gasteiger partial charge on any atom is 0.0726 e. The summed E-state index contributed by atoms with van der Waals surface area (Å²) in [6.07, 6.45) is 0. The first-order chi connectivity index (χ1) is 34.2. The second kappa shape index (κ2) is 15.4. The molecular formula is C68H45N. The van der Waals surface area contributed by atoms with Crippen LogP contribution in [0.4, 0.5) is 17.1 Å². The monoisotopic (exact) mass is 875 g/mol. The van der Waals surface area contributed by atoms with E-state index in [1.165, 1.54) is 100 Å². The Morgan fingerprint density at radius 3 is 1.06 bits per heavy atom. The Balaban J connectivity index is 1.06. The van der Waals surface area contributed by atoms with Crippen molar-refractivity contribution in [2.24, 2.45) is 0 Å². The summed E-state index contributed by atoms with van der Waals surface area (Å²) < 4.78 is 0. The summed E-state index contributed by atoms with van der Waals surface area (Å²) >= 11 is 0. The summed E-state index contributed by atoms with van der Waals surface area (Å²) in [6, 6.07) is 102.